The van der Waals surface area contributed by atoms with Crippen LogP contribution in [0.4, 0.5) is 0 Å². The molecule has 6 heteroatoms. The Morgan fingerprint density at radius 1 is 1.03 bits per heavy atom. The summed E-state index contributed by atoms with van der Waals surface area (Å²) in [6.45, 7) is 11.1. The third kappa shape index (κ3) is 5.31. The Kier molecular flexibility index (Phi) is 7.57. The van der Waals surface area contributed by atoms with Crippen LogP contribution in [0.5, 0.6) is 11.5 Å². The van der Waals surface area contributed by atoms with Gasteiger partial charge in [-0.1, -0.05) is 20.8 Å². The maximum absolute atomic E-state index is 12.7. The van der Waals surface area contributed by atoms with Gasteiger partial charge in [-0.05, 0) is 67.6 Å². The summed E-state index contributed by atoms with van der Waals surface area (Å²) in [4.78, 5) is 24.8. The van der Waals surface area contributed by atoms with Crippen molar-refractivity contribution in [2.75, 3.05) is 13.2 Å². The fourth-order valence-electron chi connectivity index (χ4n) is 3.59. The first-order chi connectivity index (χ1) is 15.3. The van der Waals surface area contributed by atoms with E-state index in [1.165, 1.54) is 6.07 Å². The summed E-state index contributed by atoms with van der Waals surface area (Å²) in [6.07, 6.45) is 0.867. The van der Waals surface area contributed by atoms with E-state index in [1.807, 2.05) is 32.9 Å². The molecule has 0 atom stereocenters. The molecular formula is C26H30O6. The highest BCUT2D eigenvalue weighted by Gasteiger charge is 2.16. The summed E-state index contributed by atoms with van der Waals surface area (Å²) in [5.74, 6) is 0.893. The maximum atomic E-state index is 12.7. The smallest absolute Gasteiger partial charge is 0.338 e. The molecule has 32 heavy (non-hydrogen) atoms. The molecule has 0 saturated heterocycles. The first-order valence-electron chi connectivity index (χ1n) is 11.0. The molecule has 0 spiro atoms. The molecule has 0 radical (unpaired) electrons. The van der Waals surface area contributed by atoms with Crippen LogP contribution in [-0.2, 0) is 11.3 Å². The zero-order valence-corrected chi connectivity index (χ0v) is 19.3. The van der Waals surface area contributed by atoms with Gasteiger partial charge >= 0.3 is 11.6 Å². The van der Waals surface area contributed by atoms with Crippen molar-refractivity contribution >= 4 is 16.9 Å². The molecule has 2 aromatic carbocycles. The van der Waals surface area contributed by atoms with Crippen molar-refractivity contribution in [3.05, 3.63) is 69.1 Å². The van der Waals surface area contributed by atoms with Gasteiger partial charge in [0.15, 0.2) is 11.5 Å². The van der Waals surface area contributed by atoms with Gasteiger partial charge in [0.25, 0.3) is 0 Å². The molecule has 0 fully saturated rings. The molecule has 6 nitrogen and oxygen atoms in total. The summed E-state index contributed by atoms with van der Waals surface area (Å²) in [5, 5.41) is 0.769. The fraction of sp³-hybridized carbons (Fsp3) is 0.385. The topological polar surface area (TPSA) is 75.0 Å². The summed E-state index contributed by atoms with van der Waals surface area (Å²) in [6, 6.07) is 10.2. The standard InChI is InChI=1S/C26H30O6/c1-6-10-30-22-9-8-18(12-24(22)29-7-2)26(28)31-15-19-13-25(27)32-23-11-17(5)20(16(3)4)14-21(19)23/h8-9,11-14,16H,6-7,10,15H2,1-5H3. The molecule has 0 amide bonds. The van der Waals surface area contributed by atoms with Crippen molar-refractivity contribution in [2.24, 2.45) is 0 Å². The van der Waals surface area contributed by atoms with E-state index in [0.717, 1.165) is 22.9 Å². The van der Waals surface area contributed by atoms with Crippen molar-refractivity contribution in [2.45, 2.75) is 53.6 Å². The second-order valence-electron chi connectivity index (χ2n) is 7.97. The number of hydrogen-bond acceptors (Lipinski definition) is 6. The highest BCUT2D eigenvalue weighted by atomic mass is 16.5. The van der Waals surface area contributed by atoms with E-state index in [2.05, 4.69) is 13.8 Å². The van der Waals surface area contributed by atoms with E-state index < -0.39 is 11.6 Å². The van der Waals surface area contributed by atoms with Crippen molar-refractivity contribution in [1.29, 1.82) is 0 Å². The average molecular weight is 439 g/mol. The highest BCUT2D eigenvalue weighted by Crippen LogP contribution is 2.30. The van der Waals surface area contributed by atoms with E-state index in [-0.39, 0.29) is 6.61 Å². The molecular weight excluding hydrogens is 408 g/mol. The molecule has 1 heterocycles. The first kappa shape index (κ1) is 23.4. The molecule has 0 unspecified atom stereocenters. The Hall–Kier alpha value is -3.28. The average Bonchev–Trinajstić information content (AvgIpc) is 2.75. The molecule has 0 bridgehead atoms. The lowest BCUT2D eigenvalue weighted by Gasteiger charge is -2.14. The van der Waals surface area contributed by atoms with Crippen LogP contribution in [0.3, 0.4) is 0 Å². The zero-order valence-electron chi connectivity index (χ0n) is 19.3. The number of carbonyl (C=O) groups excluding carboxylic acids is 1. The summed E-state index contributed by atoms with van der Waals surface area (Å²) in [7, 11) is 0. The van der Waals surface area contributed by atoms with Gasteiger partial charge in [-0.2, -0.15) is 0 Å². The van der Waals surface area contributed by atoms with Crippen LogP contribution >= 0.6 is 0 Å². The molecule has 1 aromatic heterocycles. The predicted molar refractivity (Wildman–Crippen MR) is 124 cm³/mol. The van der Waals surface area contributed by atoms with Crippen molar-refractivity contribution in [1.82, 2.24) is 0 Å². The van der Waals surface area contributed by atoms with E-state index in [0.29, 0.717) is 47.3 Å². The third-order valence-corrected chi connectivity index (χ3v) is 5.14. The number of hydrogen-bond donors (Lipinski definition) is 0. The van der Waals surface area contributed by atoms with Gasteiger partial charge in [-0.3, -0.25) is 0 Å². The number of benzene rings is 2. The number of esters is 1. The van der Waals surface area contributed by atoms with Crippen LogP contribution in [0.25, 0.3) is 11.0 Å². The quantitative estimate of drug-likeness (QED) is 0.312. The van der Waals surface area contributed by atoms with E-state index >= 15 is 0 Å². The van der Waals surface area contributed by atoms with Gasteiger partial charge in [-0.25, -0.2) is 9.59 Å². The van der Waals surface area contributed by atoms with Gasteiger partial charge in [0.2, 0.25) is 0 Å². The molecule has 3 rings (SSSR count). The van der Waals surface area contributed by atoms with Crippen LogP contribution in [-0.4, -0.2) is 19.2 Å². The summed E-state index contributed by atoms with van der Waals surface area (Å²) < 4.78 is 22.2. The van der Waals surface area contributed by atoms with Gasteiger partial charge in [-0.15, -0.1) is 0 Å². The number of fused-ring (bicyclic) bond motifs is 1. The maximum Gasteiger partial charge on any atom is 0.338 e. The lowest BCUT2D eigenvalue weighted by molar-refractivity contribution is 0.0473. The zero-order chi connectivity index (χ0) is 23.3. The molecule has 170 valence electrons. The van der Waals surface area contributed by atoms with Crippen LogP contribution in [0.1, 0.15) is 67.1 Å². The first-order valence-corrected chi connectivity index (χ1v) is 11.0. The van der Waals surface area contributed by atoms with Gasteiger partial charge < -0.3 is 18.6 Å². The molecule has 0 N–H and O–H groups in total. The minimum absolute atomic E-state index is 0.0421. The molecule has 0 aliphatic carbocycles. The second kappa shape index (κ2) is 10.4. The fourth-order valence-corrected chi connectivity index (χ4v) is 3.59. The van der Waals surface area contributed by atoms with Crippen LogP contribution in [0.15, 0.2) is 45.6 Å². The lowest BCUT2D eigenvalue weighted by Crippen LogP contribution is -2.09. The Balaban J connectivity index is 1.86. The van der Waals surface area contributed by atoms with Crippen molar-refractivity contribution in [3.8, 4) is 11.5 Å². The molecule has 0 saturated carbocycles. The minimum atomic E-state index is -0.509. The monoisotopic (exact) mass is 438 g/mol. The Morgan fingerprint density at radius 2 is 1.81 bits per heavy atom. The van der Waals surface area contributed by atoms with Crippen LogP contribution in [0.2, 0.25) is 0 Å². The molecule has 3 aromatic rings. The van der Waals surface area contributed by atoms with Crippen LogP contribution < -0.4 is 15.1 Å². The van der Waals surface area contributed by atoms with Crippen molar-refractivity contribution < 1.29 is 23.4 Å². The van der Waals surface area contributed by atoms with E-state index in [4.69, 9.17) is 18.6 Å². The SMILES string of the molecule is CCCOc1ccc(C(=O)OCc2cc(=O)oc3cc(C)c(C(C)C)cc23)cc1OCC. The van der Waals surface area contributed by atoms with Gasteiger partial charge in [0, 0.05) is 17.0 Å². The third-order valence-electron chi connectivity index (χ3n) is 5.14. The highest BCUT2D eigenvalue weighted by molar-refractivity contribution is 5.90. The normalized spacial score (nSPS) is 11.1. The van der Waals surface area contributed by atoms with Crippen LogP contribution in [0, 0.1) is 6.92 Å². The van der Waals surface area contributed by atoms with Crippen molar-refractivity contribution in [3.63, 3.8) is 0 Å². The number of rotatable bonds is 9. The minimum Gasteiger partial charge on any atom is -0.490 e. The number of carbonyl (C=O) groups is 1. The Bertz CT molecular complexity index is 1160. The summed E-state index contributed by atoms with van der Waals surface area (Å²) >= 11 is 0. The Morgan fingerprint density at radius 3 is 2.50 bits per heavy atom. The second-order valence-corrected chi connectivity index (χ2v) is 7.97. The predicted octanol–water partition coefficient (Wildman–Crippen LogP) is 5.77. The number of aryl methyl sites for hydroxylation is 1. The Labute approximate surface area is 188 Å². The largest absolute Gasteiger partial charge is 0.490 e. The molecule has 0 aliphatic rings. The van der Waals surface area contributed by atoms with E-state index in [1.54, 1.807) is 18.2 Å². The van der Waals surface area contributed by atoms with E-state index in [9.17, 15) is 9.59 Å². The van der Waals surface area contributed by atoms with Gasteiger partial charge in [0.1, 0.15) is 12.2 Å². The summed E-state index contributed by atoms with van der Waals surface area (Å²) in [5.41, 5.74) is 3.18. The number of ether oxygens (including phenoxy) is 3. The molecule has 0 aliphatic heterocycles. The lowest BCUT2D eigenvalue weighted by atomic mass is 9.95. The van der Waals surface area contributed by atoms with Gasteiger partial charge in [0.05, 0.1) is 18.8 Å².